The van der Waals surface area contributed by atoms with E-state index in [1.54, 1.807) is 28.7 Å². The second-order valence-electron chi connectivity index (χ2n) is 4.20. The summed E-state index contributed by atoms with van der Waals surface area (Å²) in [6, 6.07) is 9.56. The van der Waals surface area contributed by atoms with Crippen molar-refractivity contribution < 1.29 is 14.6 Å². The summed E-state index contributed by atoms with van der Waals surface area (Å²) in [5.74, 6) is -0.479. The van der Waals surface area contributed by atoms with Gasteiger partial charge < -0.3 is 9.84 Å². The monoisotopic (exact) mass is 305 g/mol. The zero-order valence-electron chi connectivity index (χ0n) is 10.6. The SMILES string of the molecule is CC(Oc1cccc2sc(-c3cccs3)nc12)C(=O)O. The van der Waals surface area contributed by atoms with Crippen molar-refractivity contribution in [2.45, 2.75) is 13.0 Å². The fourth-order valence-corrected chi connectivity index (χ4v) is 3.54. The average molecular weight is 305 g/mol. The van der Waals surface area contributed by atoms with Gasteiger partial charge in [-0.25, -0.2) is 9.78 Å². The zero-order chi connectivity index (χ0) is 14.1. The number of aliphatic carboxylic acids is 1. The molecule has 0 saturated carbocycles. The number of aromatic nitrogens is 1. The van der Waals surface area contributed by atoms with Crippen LogP contribution in [0.15, 0.2) is 35.7 Å². The second-order valence-corrected chi connectivity index (χ2v) is 6.18. The lowest BCUT2D eigenvalue weighted by atomic mass is 10.3. The molecule has 2 aromatic heterocycles. The number of carboxylic acid groups (broad SMARTS) is 1. The van der Waals surface area contributed by atoms with E-state index in [9.17, 15) is 4.79 Å². The van der Waals surface area contributed by atoms with Gasteiger partial charge in [0.25, 0.3) is 0 Å². The number of carbonyl (C=O) groups is 1. The van der Waals surface area contributed by atoms with E-state index in [2.05, 4.69) is 4.98 Å². The number of thiazole rings is 1. The van der Waals surface area contributed by atoms with Gasteiger partial charge in [0.05, 0.1) is 9.58 Å². The van der Waals surface area contributed by atoms with Crippen LogP contribution >= 0.6 is 22.7 Å². The molecule has 3 aromatic rings. The molecular weight excluding hydrogens is 294 g/mol. The van der Waals surface area contributed by atoms with E-state index in [0.29, 0.717) is 11.3 Å². The van der Waals surface area contributed by atoms with E-state index in [-0.39, 0.29) is 0 Å². The van der Waals surface area contributed by atoms with Gasteiger partial charge in [-0.3, -0.25) is 0 Å². The van der Waals surface area contributed by atoms with Gasteiger partial charge in [0.1, 0.15) is 16.3 Å². The maximum Gasteiger partial charge on any atom is 0.344 e. The molecule has 0 amide bonds. The van der Waals surface area contributed by atoms with Crippen molar-refractivity contribution in [2.75, 3.05) is 0 Å². The molecule has 0 aliphatic carbocycles. The number of fused-ring (bicyclic) bond motifs is 1. The Balaban J connectivity index is 2.03. The number of rotatable bonds is 4. The van der Waals surface area contributed by atoms with Crippen molar-refractivity contribution in [3.63, 3.8) is 0 Å². The van der Waals surface area contributed by atoms with Gasteiger partial charge >= 0.3 is 5.97 Å². The van der Waals surface area contributed by atoms with Crippen LogP contribution in [0.3, 0.4) is 0 Å². The number of hydrogen-bond acceptors (Lipinski definition) is 5. The lowest BCUT2D eigenvalue weighted by Crippen LogP contribution is -2.22. The molecule has 102 valence electrons. The van der Waals surface area contributed by atoms with Crippen LogP contribution in [-0.4, -0.2) is 22.2 Å². The number of ether oxygens (including phenoxy) is 1. The van der Waals surface area contributed by atoms with Crippen LogP contribution in [0.2, 0.25) is 0 Å². The lowest BCUT2D eigenvalue weighted by molar-refractivity contribution is -0.144. The number of nitrogens with zero attached hydrogens (tertiary/aromatic N) is 1. The maximum atomic E-state index is 10.9. The van der Waals surface area contributed by atoms with E-state index in [4.69, 9.17) is 9.84 Å². The first-order valence-electron chi connectivity index (χ1n) is 5.98. The molecule has 0 fully saturated rings. The highest BCUT2D eigenvalue weighted by atomic mass is 32.1. The Labute approximate surface area is 123 Å². The lowest BCUT2D eigenvalue weighted by Gasteiger charge is -2.10. The number of thiophene rings is 1. The molecule has 20 heavy (non-hydrogen) atoms. The molecule has 2 heterocycles. The Hall–Kier alpha value is -1.92. The first kappa shape index (κ1) is 13.1. The standard InChI is InChI=1S/C14H11NO3S2/c1-8(14(16)17)18-9-4-2-5-10-12(9)15-13(20-10)11-6-3-7-19-11/h2-8H,1H3,(H,16,17). The van der Waals surface area contributed by atoms with Crippen molar-refractivity contribution in [3.8, 4) is 15.6 Å². The molecule has 3 rings (SSSR count). The van der Waals surface area contributed by atoms with Crippen molar-refractivity contribution >= 4 is 38.9 Å². The van der Waals surface area contributed by atoms with Gasteiger partial charge in [0, 0.05) is 0 Å². The molecule has 0 bridgehead atoms. The number of hydrogen-bond donors (Lipinski definition) is 1. The molecular formula is C14H11NO3S2. The molecule has 4 nitrogen and oxygen atoms in total. The topological polar surface area (TPSA) is 59.4 Å². The third-order valence-corrected chi connectivity index (χ3v) is 4.83. The average Bonchev–Trinajstić information content (AvgIpc) is 3.07. The summed E-state index contributed by atoms with van der Waals surface area (Å²) in [6.45, 7) is 1.51. The molecule has 0 saturated heterocycles. The van der Waals surface area contributed by atoms with Gasteiger partial charge in [-0.1, -0.05) is 12.1 Å². The summed E-state index contributed by atoms with van der Waals surface area (Å²) in [5.41, 5.74) is 0.717. The molecule has 0 radical (unpaired) electrons. The molecule has 0 aliphatic rings. The Kier molecular flexibility index (Phi) is 3.42. The predicted molar refractivity (Wildman–Crippen MR) is 80.7 cm³/mol. The summed E-state index contributed by atoms with van der Waals surface area (Å²) in [6.07, 6.45) is -0.896. The number of para-hydroxylation sites is 1. The van der Waals surface area contributed by atoms with E-state index in [1.807, 2.05) is 29.6 Å². The Bertz CT molecular complexity index is 749. The summed E-state index contributed by atoms with van der Waals surface area (Å²) in [4.78, 5) is 16.6. The summed E-state index contributed by atoms with van der Waals surface area (Å²) < 4.78 is 6.46. The van der Waals surface area contributed by atoms with E-state index in [0.717, 1.165) is 14.6 Å². The minimum Gasteiger partial charge on any atom is -0.479 e. The predicted octanol–water partition coefficient (Wildman–Crippen LogP) is 3.88. The molecule has 0 spiro atoms. The second kappa shape index (κ2) is 5.22. The molecule has 1 atom stereocenters. The first-order valence-corrected chi connectivity index (χ1v) is 7.67. The van der Waals surface area contributed by atoms with Gasteiger partial charge in [-0.15, -0.1) is 22.7 Å². The minimum absolute atomic E-state index is 0.511. The third kappa shape index (κ3) is 2.39. The number of carboxylic acids is 1. The molecule has 1 N–H and O–H groups in total. The van der Waals surface area contributed by atoms with Gasteiger partial charge in [0.15, 0.2) is 6.10 Å². The van der Waals surface area contributed by atoms with Crippen LogP contribution in [0.4, 0.5) is 0 Å². The van der Waals surface area contributed by atoms with Crippen LogP contribution < -0.4 is 4.74 Å². The van der Waals surface area contributed by atoms with E-state index >= 15 is 0 Å². The van der Waals surface area contributed by atoms with Crippen LogP contribution in [-0.2, 0) is 4.79 Å². The van der Waals surface area contributed by atoms with Gasteiger partial charge in [-0.2, -0.15) is 0 Å². The van der Waals surface area contributed by atoms with E-state index in [1.165, 1.54) is 6.92 Å². The smallest absolute Gasteiger partial charge is 0.344 e. The van der Waals surface area contributed by atoms with Crippen LogP contribution in [0.1, 0.15) is 6.92 Å². The van der Waals surface area contributed by atoms with Crippen molar-refractivity contribution in [2.24, 2.45) is 0 Å². The summed E-state index contributed by atoms with van der Waals surface area (Å²) in [5, 5.41) is 11.9. The number of benzene rings is 1. The van der Waals surface area contributed by atoms with Crippen LogP contribution in [0.25, 0.3) is 20.1 Å². The van der Waals surface area contributed by atoms with Crippen molar-refractivity contribution in [1.82, 2.24) is 4.98 Å². The zero-order valence-corrected chi connectivity index (χ0v) is 12.2. The van der Waals surface area contributed by atoms with Crippen molar-refractivity contribution in [1.29, 1.82) is 0 Å². The molecule has 1 aromatic carbocycles. The van der Waals surface area contributed by atoms with Crippen molar-refractivity contribution in [3.05, 3.63) is 35.7 Å². The summed E-state index contributed by atoms with van der Waals surface area (Å²) in [7, 11) is 0. The normalized spacial score (nSPS) is 12.4. The largest absolute Gasteiger partial charge is 0.479 e. The highest BCUT2D eigenvalue weighted by Gasteiger charge is 2.16. The third-order valence-electron chi connectivity index (χ3n) is 2.77. The summed E-state index contributed by atoms with van der Waals surface area (Å²) >= 11 is 3.21. The maximum absolute atomic E-state index is 10.9. The minimum atomic E-state index is -0.990. The molecule has 0 aliphatic heterocycles. The molecule has 6 heteroatoms. The van der Waals surface area contributed by atoms with Crippen LogP contribution in [0.5, 0.6) is 5.75 Å². The Morgan fingerprint density at radius 2 is 2.20 bits per heavy atom. The Morgan fingerprint density at radius 1 is 1.35 bits per heavy atom. The fraction of sp³-hybridized carbons (Fsp3) is 0.143. The van der Waals surface area contributed by atoms with E-state index < -0.39 is 12.1 Å². The van der Waals surface area contributed by atoms with Gasteiger partial charge in [-0.05, 0) is 30.5 Å². The van der Waals surface area contributed by atoms with Crippen LogP contribution in [0, 0.1) is 0 Å². The van der Waals surface area contributed by atoms with Gasteiger partial charge in [0.2, 0.25) is 0 Å². The fourth-order valence-electron chi connectivity index (χ4n) is 1.76. The highest BCUT2D eigenvalue weighted by molar-refractivity contribution is 7.25. The molecule has 1 unspecified atom stereocenters. The highest BCUT2D eigenvalue weighted by Crippen LogP contribution is 2.36. The quantitative estimate of drug-likeness (QED) is 0.794. The first-order chi connectivity index (χ1) is 9.65. The Morgan fingerprint density at radius 3 is 2.90 bits per heavy atom.